The normalized spacial score (nSPS) is 9.17. The zero-order chi connectivity index (χ0) is 9.72. The van der Waals surface area contributed by atoms with Crippen molar-refractivity contribution >= 4 is 0 Å². The maximum Gasteiger partial charge on any atom is 0.342 e. The Morgan fingerprint density at radius 3 is 1.67 bits per heavy atom. The van der Waals surface area contributed by atoms with Gasteiger partial charge in [0.2, 0.25) is 5.83 Å². The van der Waals surface area contributed by atoms with Crippen LogP contribution in [0.3, 0.4) is 0 Å². The zero-order valence-electron chi connectivity index (χ0n) is 5.38. The van der Waals surface area contributed by atoms with Crippen LogP contribution in [0.25, 0.3) is 0 Å². The van der Waals surface area contributed by atoms with E-state index in [1.165, 1.54) is 0 Å². The predicted molar refractivity (Wildman–Crippen MR) is 26.7 cm³/mol. The van der Waals surface area contributed by atoms with E-state index >= 15 is 0 Å². The molecule has 0 radical (unpaired) electrons. The number of hydrogen-bond donors (Lipinski definition) is 0. The van der Waals surface area contributed by atoms with Crippen LogP contribution in [-0.4, -0.2) is 6.61 Å². The molecule has 0 aromatic carbocycles. The molecular formula is C5H2F6O. The standard InChI is InChI=1S/C5H2F6O/c6-2(3(7)8)1-12-5(11)4(9)10/h1H2. The Morgan fingerprint density at radius 2 is 1.33 bits per heavy atom. The second kappa shape index (κ2) is 4.68. The van der Waals surface area contributed by atoms with Gasteiger partial charge in [0, 0.05) is 0 Å². The van der Waals surface area contributed by atoms with Gasteiger partial charge in [0.1, 0.15) is 6.61 Å². The van der Waals surface area contributed by atoms with E-state index in [2.05, 4.69) is 4.74 Å². The first-order valence-corrected chi connectivity index (χ1v) is 2.48. The van der Waals surface area contributed by atoms with Crippen molar-refractivity contribution < 1.29 is 31.1 Å². The molecule has 0 saturated carbocycles. The fourth-order valence-electron chi connectivity index (χ4n) is 0.236. The summed E-state index contributed by atoms with van der Waals surface area (Å²) >= 11 is 0. The Hall–Kier alpha value is -1.14. The molecule has 0 aliphatic carbocycles. The SMILES string of the molecule is FC(F)=C(F)COC(F)=C(F)F. The van der Waals surface area contributed by atoms with Crippen molar-refractivity contribution in [3.8, 4) is 0 Å². The van der Waals surface area contributed by atoms with Crippen LogP contribution in [-0.2, 0) is 4.74 Å². The van der Waals surface area contributed by atoms with Crippen molar-refractivity contribution in [2.75, 3.05) is 6.61 Å². The molecule has 70 valence electrons. The van der Waals surface area contributed by atoms with E-state index in [-0.39, 0.29) is 0 Å². The lowest BCUT2D eigenvalue weighted by Crippen LogP contribution is -1.93. The van der Waals surface area contributed by atoms with Crippen LogP contribution in [0.1, 0.15) is 0 Å². The highest BCUT2D eigenvalue weighted by atomic mass is 19.3. The van der Waals surface area contributed by atoms with E-state index in [0.717, 1.165) is 0 Å². The quantitative estimate of drug-likeness (QED) is 0.493. The lowest BCUT2D eigenvalue weighted by Gasteiger charge is -1.98. The Bertz CT molecular complexity index is 188. The first kappa shape index (κ1) is 10.9. The number of rotatable bonds is 3. The highest BCUT2D eigenvalue weighted by Crippen LogP contribution is 2.14. The summed E-state index contributed by atoms with van der Waals surface area (Å²) in [4.78, 5) is 0. The smallest absolute Gasteiger partial charge is 0.342 e. The van der Waals surface area contributed by atoms with Crippen molar-refractivity contribution in [1.82, 2.24) is 0 Å². The second-order valence-corrected chi connectivity index (χ2v) is 1.49. The molecule has 0 heterocycles. The molecule has 0 unspecified atom stereocenters. The second-order valence-electron chi connectivity index (χ2n) is 1.49. The molecule has 0 atom stereocenters. The molecule has 0 saturated heterocycles. The van der Waals surface area contributed by atoms with Gasteiger partial charge in [-0.25, -0.2) is 4.39 Å². The summed E-state index contributed by atoms with van der Waals surface area (Å²) < 4.78 is 71.2. The van der Waals surface area contributed by atoms with E-state index in [0.29, 0.717) is 0 Å². The average molecular weight is 192 g/mol. The molecule has 0 aliphatic rings. The van der Waals surface area contributed by atoms with Gasteiger partial charge in [-0.3, -0.25) is 0 Å². The summed E-state index contributed by atoms with van der Waals surface area (Å²) in [7, 11) is 0. The van der Waals surface area contributed by atoms with Gasteiger partial charge >= 0.3 is 18.2 Å². The van der Waals surface area contributed by atoms with Crippen LogP contribution in [0.15, 0.2) is 24.0 Å². The molecule has 12 heavy (non-hydrogen) atoms. The van der Waals surface area contributed by atoms with E-state index in [1.807, 2.05) is 0 Å². The molecule has 7 heteroatoms. The third-order valence-electron chi connectivity index (χ3n) is 0.679. The third kappa shape index (κ3) is 3.89. The Balaban J connectivity index is 4.03. The van der Waals surface area contributed by atoms with Gasteiger partial charge in [-0.1, -0.05) is 0 Å². The van der Waals surface area contributed by atoms with Gasteiger partial charge in [-0.05, 0) is 0 Å². The fourth-order valence-corrected chi connectivity index (χ4v) is 0.236. The van der Waals surface area contributed by atoms with E-state index in [9.17, 15) is 26.3 Å². The summed E-state index contributed by atoms with van der Waals surface area (Å²) in [6.07, 6.45) is -5.57. The van der Waals surface area contributed by atoms with Gasteiger partial charge in [0.25, 0.3) is 0 Å². The predicted octanol–water partition coefficient (Wildman–Crippen LogP) is 3.12. The van der Waals surface area contributed by atoms with Gasteiger partial charge in [-0.2, -0.15) is 22.0 Å². The molecule has 0 aromatic heterocycles. The molecule has 0 aromatic rings. The van der Waals surface area contributed by atoms with Crippen molar-refractivity contribution in [1.29, 1.82) is 0 Å². The molecule has 1 nitrogen and oxygen atoms in total. The van der Waals surface area contributed by atoms with Crippen LogP contribution >= 0.6 is 0 Å². The van der Waals surface area contributed by atoms with Gasteiger partial charge in [0.15, 0.2) is 0 Å². The Labute approximate surface area is 62.9 Å². The highest BCUT2D eigenvalue weighted by Gasteiger charge is 2.10. The van der Waals surface area contributed by atoms with Crippen LogP contribution in [0.4, 0.5) is 26.3 Å². The van der Waals surface area contributed by atoms with Gasteiger partial charge in [0.05, 0.1) is 0 Å². The first-order chi connectivity index (χ1) is 5.45. The van der Waals surface area contributed by atoms with Crippen LogP contribution in [0, 0.1) is 0 Å². The van der Waals surface area contributed by atoms with Gasteiger partial charge < -0.3 is 4.74 Å². The number of hydrogen-bond acceptors (Lipinski definition) is 1. The Morgan fingerprint density at radius 1 is 0.833 bits per heavy atom. The van der Waals surface area contributed by atoms with Crippen molar-refractivity contribution in [3.63, 3.8) is 0 Å². The summed E-state index contributed by atoms with van der Waals surface area (Å²) in [6.45, 7) is -1.55. The maximum absolute atomic E-state index is 11.7. The molecule has 0 aliphatic heterocycles. The topological polar surface area (TPSA) is 9.23 Å². The molecule has 0 bridgehead atoms. The zero-order valence-corrected chi connectivity index (χ0v) is 5.38. The van der Waals surface area contributed by atoms with E-state index in [4.69, 9.17) is 0 Å². The van der Waals surface area contributed by atoms with Crippen LogP contribution in [0.5, 0.6) is 0 Å². The fraction of sp³-hybridized carbons (Fsp3) is 0.200. The highest BCUT2D eigenvalue weighted by molar-refractivity contribution is 4.93. The summed E-state index contributed by atoms with van der Waals surface area (Å²) in [5, 5.41) is 0. The summed E-state index contributed by atoms with van der Waals surface area (Å²) in [6, 6.07) is -2.37. The molecule has 0 spiro atoms. The minimum absolute atomic E-state index is 1.55. The lowest BCUT2D eigenvalue weighted by molar-refractivity contribution is 0.121. The average Bonchev–Trinajstić information content (AvgIpc) is 1.98. The maximum atomic E-state index is 11.7. The van der Waals surface area contributed by atoms with E-state index in [1.54, 1.807) is 0 Å². The van der Waals surface area contributed by atoms with Crippen molar-refractivity contribution in [3.05, 3.63) is 24.0 Å². The van der Waals surface area contributed by atoms with Crippen molar-refractivity contribution in [2.45, 2.75) is 0 Å². The number of ether oxygens (including phenoxy) is 1. The molecule has 0 amide bonds. The summed E-state index contributed by atoms with van der Waals surface area (Å²) in [5.41, 5.74) is 0. The summed E-state index contributed by atoms with van der Waals surface area (Å²) in [5.74, 6) is -2.09. The lowest BCUT2D eigenvalue weighted by atomic mass is 10.6. The monoisotopic (exact) mass is 192 g/mol. The number of halogens is 6. The van der Waals surface area contributed by atoms with Crippen molar-refractivity contribution in [2.24, 2.45) is 0 Å². The third-order valence-corrected chi connectivity index (χ3v) is 0.679. The molecular weight excluding hydrogens is 190 g/mol. The molecule has 0 N–H and O–H groups in total. The molecule has 0 fully saturated rings. The van der Waals surface area contributed by atoms with Crippen LogP contribution in [0.2, 0.25) is 0 Å². The van der Waals surface area contributed by atoms with Gasteiger partial charge in [-0.15, -0.1) is 0 Å². The molecule has 0 rings (SSSR count). The first-order valence-electron chi connectivity index (χ1n) is 2.48. The Kier molecular flexibility index (Phi) is 4.24. The minimum Gasteiger partial charge on any atom is -0.459 e. The minimum atomic E-state index is -2.83. The van der Waals surface area contributed by atoms with Crippen LogP contribution < -0.4 is 0 Å². The van der Waals surface area contributed by atoms with E-state index < -0.39 is 30.6 Å². The largest absolute Gasteiger partial charge is 0.459 e.